The maximum Gasteiger partial charge on any atom is 0.243 e. The lowest BCUT2D eigenvalue weighted by Crippen LogP contribution is -2.32. The fourth-order valence-electron chi connectivity index (χ4n) is 3.32. The van der Waals surface area contributed by atoms with Crippen LogP contribution in [0.5, 0.6) is 0 Å². The summed E-state index contributed by atoms with van der Waals surface area (Å²) in [4.78, 5) is 12.6. The number of nitrogens with one attached hydrogen (secondary N) is 1. The van der Waals surface area contributed by atoms with E-state index in [2.05, 4.69) is 5.32 Å². The highest BCUT2D eigenvalue weighted by molar-refractivity contribution is 7.89. The van der Waals surface area contributed by atoms with Crippen LogP contribution in [0.1, 0.15) is 58.8 Å². The number of amides is 1. The molecule has 1 amide bonds. The molecule has 140 valence electrons. The standard InChI is InChI=1S/C19H30N2O3S/c1-3-14-21(15-4-2)25(23,24)18-12-10-17(11-13-18)20-19(22)16-8-6-5-7-9-16/h10-13,16H,3-9,14-15H2,1-2H3,(H,20,22). The quantitative estimate of drug-likeness (QED) is 0.756. The molecule has 0 radical (unpaired) electrons. The highest BCUT2D eigenvalue weighted by Gasteiger charge is 2.24. The van der Waals surface area contributed by atoms with E-state index in [1.165, 1.54) is 10.7 Å². The Kier molecular flexibility index (Phi) is 7.44. The topological polar surface area (TPSA) is 66.5 Å². The SMILES string of the molecule is CCCN(CCC)S(=O)(=O)c1ccc(NC(=O)C2CCCCC2)cc1. The highest BCUT2D eigenvalue weighted by atomic mass is 32.2. The van der Waals surface area contributed by atoms with E-state index < -0.39 is 10.0 Å². The Morgan fingerprint density at radius 2 is 1.60 bits per heavy atom. The van der Waals surface area contributed by atoms with Crippen LogP contribution in [0.25, 0.3) is 0 Å². The molecule has 1 aromatic carbocycles. The van der Waals surface area contributed by atoms with Gasteiger partial charge in [-0.2, -0.15) is 4.31 Å². The fourth-order valence-corrected chi connectivity index (χ4v) is 4.94. The summed E-state index contributed by atoms with van der Waals surface area (Å²) in [5.41, 5.74) is 0.659. The van der Waals surface area contributed by atoms with Gasteiger partial charge < -0.3 is 5.32 Å². The van der Waals surface area contributed by atoms with Gasteiger partial charge in [0.2, 0.25) is 15.9 Å². The Labute approximate surface area is 151 Å². The van der Waals surface area contributed by atoms with Crippen molar-refractivity contribution in [3.8, 4) is 0 Å². The first-order valence-electron chi connectivity index (χ1n) is 9.40. The summed E-state index contributed by atoms with van der Waals surface area (Å²) in [6.07, 6.45) is 6.90. The first-order chi connectivity index (χ1) is 12.0. The number of carbonyl (C=O) groups is 1. The number of benzene rings is 1. The normalized spacial score (nSPS) is 16.1. The van der Waals surface area contributed by atoms with E-state index >= 15 is 0 Å². The van der Waals surface area contributed by atoms with Crippen LogP contribution in [-0.2, 0) is 14.8 Å². The average Bonchev–Trinajstić information content (AvgIpc) is 2.62. The van der Waals surface area contributed by atoms with Gasteiger partial charge in [-0.3, -0.25) is 4.79 Å². The van der Waals surface area contributed by atoms with Crippen molar-refractivity contribution in [1.29, 1.82) is 0 Å². The van der Waals surface area contributed by atoms with E-state index in [0.717, 1.165) is 38.5 Å². The van der Waals surface area contributed by atoms with Crippen LogP contribution in [0.3, 0.4) is 0 Å². The van der Waals surface area contributed by atoms with Crippen LogP contribution in [0.2, 0.25) is 0 Å². The number of carbonyl (C=O) groups excluding carboxylic acids is 1. The first-order valence-corrected chi connectivity index (χ1v) is 10.8. The average molecular weight is 367 g/mol. The second-order valence-corrected chi connectivity index (χ2v) is 8.69. The number of rotatable bonds is 8. The summed E-state index contributed by atoms with van der Waals surface area (Å²) in [6, 6.07) is 6.54. The van der Waals surface area contributed by atoms with E-state index in [0.29, 0.717) is 18.8 Å². The molecule has 0 unspecified atom stereocenters. The summed E-state index contributed by atoms with van der Waals surface area (Å²) in [6.45, 7) is 5.00. The van der Waals surface area contributed by atoms with Gasteiger partial charge in [-0.25, -0.2) is 8.42 Å². The molecular weight excluding hydrogens is 336 g/mol. The smallest absolute Gasteiger partial charge is 0.243 e. The molecule has 1 saturated carbocycles. The lowest BCUT2D eigenvalue weighted by molar-refractivity contribution is -0.120. The Morgan fingerprint density at radius 3 is 2.12 bits per heavy atom. The van der Waals surface area contributed by atoms with E-state index in [1.807, 2.05) is 13.8 Å². The molecule has 0 aromatic heterocycles. The first kappa shape index (κ1) is 19.9. The second kappa shape index (κ2) is 9.34. The molecule has 6 heteroatoms. The molecular formula is C19H30N2O3S. The zero-order valence-electron chi connectivity index (χ0n) is 15.3. The number of nitrogens with zero attached hydrogens (tertiary/aromatic N) is 1. The van der Waals surface area contributed by atoms with Gasteiger partial charge in [0.1, 0.15) is 0 Å². The minimum atomic E-state index is -3.47. The minimum absolute atomic E-state index is 0.0499. The van der Waals surface area contributed by atoms with Crippen LogP contribution in [0.4, 0.5) is 5.69 Å². The third-order valence-electron chi connectivity index (χ3n) is 4.68. The predicted molar refractivity (Wildman–Crippen MR) is 101 cm³/mol. The van der Waals surface area contributed by atoms with Gasteiger partial charge in [-0.1, -0.05) is 33.1 Å². The van der Waals surface area contributed by atoms with Gasteiger partial charge in [0.05, 0.1) is 4.90 Å². The molecule has 1 aliphatic carbocycles. The van der Waals surface area contributed by atoms with Gasteiger partial charge in [-0.05, 0) is 49.9 Å². The van der Waals surface area contributed by atoms with Crippen molar-refractivity contribution in [3.63, 3.8) is 0 Å². The van der Waals surface area contributed by atoms with Gasteiger partial charge in [0.25, 0.3) is 0 Å². The van der Waals surface area contributed by atoms with E-state index in [1.54, 1.807) is 24.3 Å². The maximum absolute atomic E-state index is 12.7. The number of hydrogen-bond acceptors (Lipinski definition) is 3. The van der Waals surface area contributed by atoms with E-state index in [9.17, 15) is 13.2 Å². The third kappa shape index (κ3) is 5.28. The summed E-state index contributed by atoms with van der Waals surface area (Å²) in [5, 5.41) is 2.92. The van der Waals surface area contributed by atoms with Gasteiger partial charge in [-0.15, -0.1) is 0 Å². The van der Waals surface area contributed by atoms with Crippen LogP contribution < -0.4 is 5.32 Å². The third-order valence-corrected chi connectivity index (χ3v) is 6.59. The monoisotopic (exact) mass is 366 g/mol. The van der Waals surface area contributed by atoms with Crippen molar-refractivity contribution in [1.82, 2.24) is 4.31 Å². The van der Waals surface area contributed by atoms with Crippen molar-refractivity contribution >= 4 is 21.6 Å². The van der Waals surface area contributed by atoms with Crippen LogP contribution in [0, 0.1) is 5.92 Å². The fraction of sp³-hybridized carbons (Fsp3) is 0.632. The summed E-state index contributed by atoms with van der Waals surface area (Å²) in [7, 11) is -3.47. The molecule has 2 rings (SSSR count). The van der Waals surface area contributed by atoms with Gasteiger partial charge in [0, 0.05) is 24.7 Å². The molecule has 1 aliphatic rings. The van der Waals surface area contributed by atoms with Crippen LogP contribution in [0.15, 0.2) is 29.2 Å². The van der Waals surface area contributed by atoms with Crippen molar-refractivity contribution in [3.05, 3.63) is 24.3 Å². The molecule has 0 atom stereocenters. The summed E-state index contributed by atoms with van der Waals surface area (Å²) < 4.78 is 27.0. The molecule has 0 aliphatic heterocycles. The van der Waals surface area contributed by atoms with Crippen molar-refractivity contribution in [2.75, 3.05) is 18.4 Å². The molecule has 0 saturated heterocycles. The number of hydrogen-bond donors (Lipinski definition) is 1. The zero-order valence-corrected chi connectivity index (χ0v) is 16.1. The van der Waals surface area contributed by atoms with Gasteiger partial charge >= 0.3 is 0 Å². The Morgan fingerprint density at radius 1 is 1.04 bits per heavy atom. The molecule has 0 spiro atoms. The molecule has 1 N–H and O–H groups in total. The van der Waals surface area contributed by atoms with Crippen molar-refractivity contribution in [2.45, 2.75) is 63.7 Å². The zero-order chi connectivity index (χ0) is 18.3. The maximum atomic E-state index is 12.7. The lowest BCUT2D eigenvalue weighted by Gasteiger charge is -2.22. The Hall–Kier alpha value is -1.40. The predicted octanol–water partition coefficient (Wildman–Crippen LogP) is 4.02. The number of sulfonamides is 1. The number of anilines is 1. The van der Waals surface area contributed by atoms with Crippen molar-refractivity contribution < 1.29 is 13.2 Å². The van der Waals surface area contributed by atoms with Crippen molar-refractivity contribution in [2.24, 2.45) is 5.92 Å². The molecule has 0 bridgehead atoms. The Balaban J connectivity index is 2.06. The lowest BCUT2D eigenvalue weighted by atomic mass is 9.88. The van der Waals surface area contributed by atoms with Gasteiger partial charge in [0.15, 0.2) is 0 Å². The summed E-state index contributed by atoms with van der Waals surface area (Å²) in [5.74, 6) is 0.135. The summed E-state index contributed by atoms with van der Waals surface area (Å²) >= 11 is 0. The van der Waals surface area contributed by atoms with Crippen LogP contribution in [-0.4, -0.2) is 31.7 Å². The second-order valence-electron chi connectivity index (χ2n) is 6.75. The highest BCUT2D eigenvalue weighted by Crippen LogP contribution is 2.25. The molecule has 1 aromatic rings. The van der Waals surface area contributed by atoms with E-state index in [-0.39, 0.29) is 16.7 Å². The molecule has 25 heavy (non-hydrogen) atoms. The van der Waals surface area contributed by atoms with E-state index in [4.69, 9.17) is 0 Å². The molecule has 0 heterocycles. The molecule has 1 fully saturated rings. The Bertz CT molecular complexity index is 644. The van der Waals surface area contributed by atoms with Crippen LogP contribution >= 0.6 is 0 Å². The minimum Gasteiger partial charge on any atom is -0.326 e. The molecule has 5 nitrogen and oxygen atoms in total. The largest absolute Gasteiger partial charge is 0.326 e.